The van der Waals surface area contributed by atoms with Crippen molar-refractivity contribution in [1.82, 2.24) is 4.31 Å². The molecule has 1 saturated heterocycles. The molecule has 0 spiro atoms. The lowest BCUT2D eigenvalue weighted by molar-refractivity contribution is -0.111. The number of anilines is 1. The average molecular weight is 485 g/mol. The molecule has 28 heavy (non-hydrogen) atoms. The summed E-state index contributed by atoms with van der Waals surface area (Å²) in [6.07, 6.45) is 5.86. The summed E-state index contributed by atoms with van der Waals surface area (Å²) in [4.78, 5) is 13.2. The van der Waals surface area contributed by atoms with Gasteiger partial charge in [-0.1, -0.05) is 6.42 Å². The molecular weight excluding hydrogens is 464 g/mol. The monoisotopic (exact) mass is 484 g/mol. The number of carbonyl (C=O) groups is 1. The van der Waals surface area contributed by atoms with E-state index in [1.165, 1.54) is 34.9 Å². The maximum atomic E-state index is 13.0. The third kappa shape index (κ3) is 5.02. The van der Waals surface area contributed by atoms with E-state index in [0.29, 0.717) is 18.8 Å². The number of hydrogen-bond acceptors (Lipinski definition) is 5. The fraction of sp³-hybridized carbons (Fsp3) is 0.316. The minimum Gasteiger partial charge on any atom is -0.495 e. The lowest BCUT2D eigenvalue weighted by Crippen LogP contribution is -2.35. The van der Waals surface area contributed by atoms with Crippen molar-refractivity contribution in [2.24, 2.45) is 0 Å². The smallest absolute Gasteiger partial charge is 0.248 e. The first-order chi connectivity index (χ1) is 13.4. The van der Waals surface area contributed by atoms with Crippen molar-refractivity contribution in [2.75, 3.05) is 25.5 Å². The Kier molecular flexibility index (Phi) is 6.92. The number of nitrogens with one attached hydrogen (secondary N) is 1. The van der Waals surface area contributed by atoms with Crippen LogP contribution >= 0.6 is 27.3 Å². The second kappa shape index (κ2) is 9.21. The molecular formula is C19H21BrN2O4S2. The van der Waals surface area contributed by atoms with Crippen molar-refractivity contribution in [2.45, 2.75) is 24.2 Å². The van der Waals surface area contributed by atoms with Crippen LogP contribution in [0.2, 0.25) is 0 Å². The minimum absolute atomic E-state index is 0.0702. The highest BCUT2D eigenvalue weighted by atomic mass is 79.9. The van der Waals surface area contributed by atoms with Gasteiger partial charge in [-0.05, 0) is 65.2 Å². The summed E-state index contributed by atoms with van der Waals surface area (Å²) in [5, 5.41) is 2.71. The second-order valence-corrected chi connectivity index (χ2v) is 10.7. The Morgan fingerprint density at radius 1 is 1.21 bits per heavy atom. The van der Waals surface area contributed by atoms with Crippen LogP contribution in [-0.2, 0) is 14.8 Å². The molecule has 2 aromatic rings. The number of methoxy groups -OCH3 is 1. The van der Waals surface area contributed by atoms with E-state index in [0.717, 1.165) is 27.9 Å². The molecule has 2 heterocycles. The molecule has 0 saturated carbocycles. The number of amides is 1. The molecule has 1 aromatic heterocycles. The zero-order valence-corrected chi connectivity index (χ0v) is 18.6. The second-order valence-electron chi connectivity index (χ2n) is 6.29. The molecule has 1 aliphatic heterocycles. The first-order valence-corrected chi connectivity index (χ1v) is 11.9. The Morgan fingerprint density at radius 3 is 2.61 bits per heavy atom. The van der Waals surface area contributed by atoms with Gasteiger partial charge in [0, 0.05) is 29.7 Å². The summed E-state index contributed by atoms with van der Waals surface area (Å²) in [7, 11) is -2.24. The number of benzene rings is 1. The van der Waals surface area contributed by atoms with E-state index in [1.807, 2.05) is 12.1 Å². The van der Waals surface area contributed by atoms with Gasteiger partial charge >= 0.3 is 0 Å². The topological polar surface area (TPSA) is 75.7 Å². The van der Waals surface area contributed by atoms with E-state index in [9.17, 15) is 13.2 Å². The van der Waals surface area contributed by atoms with E-state index in [-0.39, 0.29) is 16.6 Å². The van der Waals surface area contributed by atoms with Gasteiger partial charge in [-0.2, -0.15) is 4.31 Å². The van der Waals surface area contributed by atoms with Gasteiger partial charge in [0.2, 0.25) is 15.9 Å². The van der Waals surface area contributed by atoms with Crippen molar-refractivity contribution in [1.29, 1.82) is 0 Å². The molecule has 6 nitrogen and oxygen atoms in total. The first kappa shape index (κ1) is 21.0. The highest BCUT2D eigenvalue weighted by molar-refractivity contribution is 9.11. The van der Waals surface area contributed by atoms with E-state index >= 15 is 0 Å². The molecule has 3 rings (SSSR count). The molecule has 1 fully saturated rings. The van der Waals surface area contributed by atoms with Gasteiger partial charge in [0.1, 0.15) is 10.6 Å². The fourth-order valence-corrected chi connectivity index (χ4v) is 5.98. The number of thiophene rings is 1. The van der Waals surface area contributed by atoms with E-state index in [2.05, 4.69) is 21.2 Å². The number of sulfonamides is 1. The molecule has 0 radical (unpaired) electrons. The van der Waals surface area contributed by atoms with Crippen LogP contribution in [-0.4, -0.2) is 38.8 Å². The standard InChI is InChI=1S/C19H21BrN2O4S2/c1-26-16-8-5-14(21-19(23)10-7-15-6-9-18(20)27-15)13-17(16)28(24,25)22-11-3-2-4-12-22/h5-10,13H,2-4,11-12H2,1H3,(H,21,23)/b10-7+. The van der Waals surface area contributed by atoms with Gasteiger partial charge in [0.15, 0.2) is 0 Å². The summed E-state index contributed by atoms with van der Waals surface area (Å²) in [6.45, 7) is 1.00. The van der Waals surface area contributed by atoms with E-state index in [1.54, 1.807) is 18.2 Å². The van der Waals surface area contributed by atoms with Crippen LogP contribution in [0.15, 0.2) is 45.1 Å². The number of rotatable bonds is 6. The maximum absolute atomic E-state index is 13.0. The van der Waals surface area contributed by atoms with Crippen LogP contribution in [0.1, 0.15) is 24.1 Å². The Hall–Kier alpha value is -1.68. The zero-order chi connectivity index (χ0) is 20.1. The molecule has 9 heteroatoms. The summed E-state index contributed by atoms with van der Waals surface area (Å²) >= 11 is 4.89. The Bertz CT molecular complexity index is 980. The fourth-order valence-electron chi connectivity index (χ4n) is 2.96. The van der Waals surface area contributed by atoms with Gasteiger partial charge in [-0.3, -0.25) is 4.79 Å². The molecule has 1 aliphatic rings. The average Bonchev–Trinajstić information content (AvgIpc) is 3.12. The highest BCUT2D eigenvalue weighted by Gasteiger charge is 2.29. The molecule has 1 N–H and O–H groups in total. The molecule has 150 valence electrons. The van der Waals surface area contributed by atoms with Gasteiger partial charge in [0.25, 0.3) is 0 Å². The van der Waals surface area contributed by atoms with Crippen LogP contribution in [0.25, 0.3) is 6.08 Å². The molecule has 0 atom stereocenters. The van der Waals surface area contributed by atoms with Crippen molar-refractivity contribution in [3.63, 3.8) is 0 Å². The summed E-state index contributed by atoms with van der Waals surface area (Å²) in [5.41, 5.74) is 0.401. The van der Waals surface area contributed by atoms with Crippen LogP contribution in [0.4, 0.5) is 5.69 Å². The number of carbonyl (C=O) groups excluding carboxylic acids is 1. The van der Waals surface area contributed by atoms with E-state index in [4.69, 9.17) is 4.74 Å². The molecule has 1 aromatic carbocycles. The maximum Gasteiger partial charge on any atom is 0.248 e. The number of hydrogen-bond donors (Lipinski definition) is 1. The Balaban J connectivity index is 1.80. The number of ether oxygens (including phenoxy) is 1. The lowest BCUT2D eigenvalue weighted by Gasteiger charge is -2.26. The third-order valence-electron chi connectivity index (χ3n) is 4.36. The summed E-state index contributed by atoms with van der Waals surface area (Å²) < 4.78 is 33.8. The SMILES string of the molecule is COc1ccc(NC(=O)/C=C/c2ccc(Br)s2)cc1S(=O)(=O)N1CCCCC1. The molecule has 0 aliphatic carbocycles. The predicted octanol–water partition coefficient (Wildman–Crippen LogP) is 4.35. The van der Waals surface area contributed by atoms with Crippen LogP contribution in [0, 0.1) is 0 Å². The minimum atomic E-state index is -3.68. The Labute approximate surface area is 177 Å². The first-order valence-electron chi connectivity index (χ1n) is 8.83. The van der Waals surface area contributed by atoms with Crippen LogP contribution < -0.4 is 10.1 Å². The Morgan fingerprint density at radius 2 is 1.96 bits per heavy atom. The quantitative estimate of drug-likeness (QED) is 0.618. The summed E-state index contributed by atoms with van der Waals surface area (Å²) in [6, 6.07) is 8.45. The normalized spacial score (nSPS) is 15.6. The van der Waals surface area contributed by atoms with Gasteiger partial charge in [0.05, 0.1) is 10.9 Å². The highest BCUT2D eigenvalue weighted by Crippen LogP contribution is 2.31. The van der Waals surface area contributed by atoms with Gasteiger partial charge in [-0.25, -0.2) is 8.42 Å². The van der Waals surface area contributed by atoms with E-state index < -0.39 is 10.0 Å². The zero-order valence-electron chi connectivity index (χ0n) is 15.4. The van der Waals surface area contributed by atoms with Gasteiger partial charge < -0.3 is 10.1 Å². The molecule has 1 amide bonds. The van der Waals surface area contributed by atoms with Crippen LogP contribution in [0.5, 0.6) is 5.75 Å². The van der Waals surface area contributed by atoms with Gasteiger partial charge in [-0.15, -0.1) is 11.3 Å². The van der Waals surface area contributed by atoms with Crippen molar-refractivity contribution in [3.8, 4) is 5.75 Å². The summed E-state index contributed by atoms with van der Waals surface area (Å²) in [5.74, 6) is -0.0708. The lowest BCUT2D eigenvalue weighted by atomic mass is 10.2. The largest absolute Gasteiger partial charge is 0.495 e. The molecule has 0 bridgehead atoms. The number of piperidine rings is 1. The van der Waals surface area contributed by atoms with Crippen LogP contribution in [0.3, 0.4) is 0 Å². The number of nitrogens with zero attached hydrogens (tertiary/aromatic N) is 1. The van der Waals surface area contributed by atoms with Crippen molar-refractivity contribution < 1.29 is 17.9 Å². The predicted molar refractivity (Wildman–Crippen MR) is 115 cm³/mol. The third-order valence-corrected chi connectivity index (χ3v) is 7.87. The van der Waals surface area contributed by atoms with Crippen molar-refractivity contribution in [3.05, 3.63) is 45.1 Å². The number of halogens is 1. The van der Waals surface area contributed by atoms with Crippen molar-refractivity contribution >= 4 is 55.0 Å². The molecule has 0 unspecified atom stereocenters.